The van der Waals surface area contributed by atoms with Gasteiger partial charge >= 0.3 is 0 Å². The number of aromatic amines is 2. The summed E-state index contributed by atoms with van der Waals surface area (Å²) in [6.07, 6.45) is 0.0422. The molecule has 4 rings (SSSR count). The summed E-state index contributed by atoms with van der Waals surface area (Å²) in [5.41, 5.74) is 1.48. The average molecular weight is 465 g/mol. The molecule has 34 heavy (non-hydrogen) atoms. The molecule has 2 heterocycles. The first kappa shape index (κ1) is 22.8. The molecule has 1 atom stereocenters. The van der Waals surface area contributed by atoms with Gasteiger partial charge in [0.25, 0.3) is 0 Å². The minimum atomic E-state index is -0.854. The lowest BCUT2D eigenvalue weighted by Crippen LogP contribution is -2.44. The standard InChI is InChI=1S/C23H21F2N7O2/c1-2-17(26-20(33)10-13-8-15(24)11-16(25)9-13)23(34)27-19-12-18(29-30-19)22-28-21(31-32-22)14-6-4-3-5-7-14/h3-9,11-12,17H,2,10H2,1H3,(H,26,33)(H,28,31,32)(H2,27,29,30,34). The molecule has 0 spiro atoms. The van der Waals surface area contributed by atoms with Gasteiger partial charge in [-0.25, -0.2) is 8.78 Å². The van der Waals surface area contributed by atoms with Crippen molar-refractivity contribution in [2.45, 2.75) is 25.8 Å². The van der Waals surface area contributed by atoms with E-state index in [2.05, 4.69) is 36.0 Å². The molecule has 9 nitrogen and oxygen atoms in total. The number of H-pyrrole nitrogens is 2. The fraction of sp³-hybridized carbons (Fsp3) is 0.174. The first-order chi connectivity index (χ1) is 16.4. The molecule has 2 amide bonds. The number of hydrogen-bond donors (Lipinski definition) is 4. The van der Waals surface area contributed by atoms with Crippen molar-refractivity contribution in [2.75, 3.05) is 5.32 Å². The molecular weight excluding hydrogens is 444 g/mol. The Hall–Kier alpha value is -4.41. The van der Waals surface area contributed by atoms with Crippen LogP contribution in [0.4, 0.5) is 14.6 Å². The number of anilines is 1. The number of aromatic nitrogens is 5. The van der Waals surface area contributed by atoms with Crippen molar-refractivity contribution in [3.05, 3.63) is 71.8 Å². The molecule has 2 aromatic carbocycles. The van der Waals surface area contributed by atoms with E-state index in [0.29, 0.717) is 29.6 Å². The van der Waals surface area contributed by atoms with Crippen LogP contribution in [0.15, 0.2) is 54.6 Å². The van der Waals surface area contributed by atoms with Crippen LogP contribution in [0.5, 0.6) is 0 Å². The summed E-state index contributed by atoms with van der Waals surface area (Å²) in [7, 11) is 0. The quantitative estimate of drug-likeness (QED) is 0.318. The SMILES string of the molecule is CCC(NC(=O)Cc1cc(F)cc(F)c1)C(=O)Nc1cc(-c2nnc(-c3ccccc3)[nH]2)n[nH]1. The zero-order chi connectivity index (χ0) is 24.1. The molecule has 4 aromatic rings. The van der Waals surface area contributed by atoms with Crippen LogP contribution in [0.1, 0.15) is 18.9 Å². The molecule has 0 aliphatic heterocycles. The third-order valence-electron chi connectivity index (χ3n) is 4.96. The van der Waals surface area contributed by atoms with Gasteiger partial charge in [0, 0.05) is 17.7 Å². The smallest absolute Gasteiger partial charge is 0.248 e. The minimum absolute atomic E-state index is 0.172. The topological polar surface area (TPSA) is 128 Å². The zero-order valence-corrected chi connectivity index (χ0v) is 18.1. The van der Waals surface area contributed by atoms with Crippen molar-refractivity contribution in [2.24, 2.45) is 0 Å². The number of carbonyl (C=O) groups excluding carboxylic acids is 2. The second kappa shape index (κ2) is 10.0. The third-order valence-corrected chi connectivity index (χ3v) is 4.96. The van der Waals surface area contributed by atoms with Gasteiger partial charge in [0.2, 0.25) is 11.8 Å². The summed E-state index contributed by atoms with van der Waals surface area (Å²) < 4.78 is 26.7. The molecule has 0 radical (unpaired) electrons. The Kier molecular flexibility index (Phi) is 6.72. The van der Waals surface area contributed by atoms with Crippen LogP contribution >= 0.6 is 0 Å². The monoisotopic (exact) mass is 465 g/mol. The van der Waals surface area contributed by atoms with E-state index in [9.17, 15) is 18.4 Å². The Bertz CT molecular complexity index is 1280. The number of carbonyl (C=O) groups is 2. The molecule has 0 fully saturated rings. The zero-order valence-electron chi connectivity index (χ0n) is 18.1. The van der Waals surface area contributed by atoms with Crippen LogP contribution in [0, 0.1) is 11.6 Å². The second-order valence-electron chi connectivity index (χ2n) is 7.53. The van der Waals surface area contributed by atoms with Gasteiger partial charge in [-0.3, -0.25) is 14.7 Å². The highest BCUT2D eigenvalue weighted by molar-refractivity contribution is 5.97. The van der Waals surface area contributed by atoms with Crippen LogP contribution in [-0.2, 0) is 16.0 Å². The van der Waals surface area contributed by atoms with E-state index in [1.54, 1.807) is 13.0 Å². The summed E-state index contributed by atoms with van der Waals surface area (Å²) in [5, 5.41) is 20.3. The van der Waals surface area contributed by atoms with Gasteiger partial charge in [0.15, 0.2) is 11.6 Å². The summed E-state index contributed by atoms with van der Waals surface area (Å²) >= 11 is 0. The normalized spacial score (nSPS) is 11.7. The first-order valence-corrected chi connectivity index (χ1v) is 10.5. The van der Waals surface area contributed by atoms with Gasteiger partial charge in [-0.15, -0.1) is 10.2 Å². The molecule has 0 saturated heterocycles. The van der Waals surface area contributed by atoms with E-state index in [1.165, 1.54) is 0 Å². The number of nitrogens with one attached hydrogen (secondary N) is 4. The van der Waals surface area contributed by atoms with Crippen molar-refractivity contribution in [1.82, 2.24) is 30.7 Å². The van der Waals surface area contributed by atoms with Crippen LogP contribution < -0.4 is 10.6 Å². The summed E-state index contributed by atoms with van der Waals surface area (Å²) in [6, 6.07) is 13.1. The predicted octanol–water partition coefficient (Wildman–Crippen LogP) is 3.22. The number of hydrogen-bond acceptors (Lipinski definition) is 5. The Morgan fingerprint density at radius 3 is 2.41 bits per heavy atom. The van der Waals surface area contributed by atoms with Gasteiger partial charge in [-0.05, 0) is 24.1 Å². The molecule has 0 bridgehead atoms. The van der Waals surface area contributed by atoms with Gasteiger partial charge in [-0.1, -0.05) is 37.3 Å². The average Bonchev–Trinajstić information content (AvgIpc) is 3.47. The van der Waals surface area contributed by atoms with E-state index in [-0.39, 0.29) is 12.0 Å². The Balaban J connectivity index is 1.37. The van der Waals surface area contributed by atoms with E-state index < -0.39 is 29.5 Å². The lowest BCUT2D eigenvalue weighted by atomic mass is 10.1. The number of rotatable bonds is 8. The Morgan fingerprint density at radius 1 is 1.00 bits per heavy atom. The molecule has 1 unspecified atom stereocenters. The number of benzene rings is 2. The lowest BCUT2D eigenvalue weighted by molar-refractivity contribution is -0.126. The molecule has 174 valence electrons. The number of amides is 2. The maximum Gasteiger partial charge on any atom is 0.248 e. The molecule has 0 saturated carbocycles. The van der Waals surface area contributed by atoms with E-state index in [4.69, 9.17) is 0 Å². The van der Waals surface area contributed by atoms with Crippen LogP contribution in [0.25, 0.3) is 22.9 Å². The number of halogens is 2. The maximum absolute atomic E-state index is 13.3. The van der Waals surface area contributed by atoms with Gasteiger partial charge in [-0.2, -0.15) is 5.10 Å². The highest BCUT2D eigenvalue weighted by Crippen LogP contribution is 2.20. The van der Waals surface area contributed by atoms with Gasteiger partial charge < -0.3 is 15.6 Å². The first-order valence-electron chi connectivity index (χ1n) is 10.5. The number of nitrogens with zero attached hydrogens (tertiary/aromatic N) is 3. The van der Waals surface area contributed by atoms with Crippen LogP contribution in [-0.4, -0.2) is 43.2 Å². The Morgan fingerprint density at radius 2 is 1.71 bits per heavy atom. The molecule has 11 heteroatoms. The summed E-state index contributed by atoms with van der Waals surface area (Å²) in [4.78, 5) is 28.0. The molecule has 0 aliphatic rings. The van der Waals surface area contributed by atoms with Crippen molar-refractivity contribution >= 4 is 17.6 Å². The van der Waals surface area contributed by atoms with Gasteiger partial charge in [0.05, 0.1) is 6.42 Å². The molecule has 4 N–H and O–H groups in total. The maximum atomic E-state index is 13.3. The Labute approximate surface area is 193 Å². The largest absolute Gasteiger partial charge is 0.344 e. The molecule has 0 aliphatic carbocycles. The van der Waals surface area contributed by atoms with Crippen molar-refractivity contribution in [1.29, 1.82) is 0 Å². The third kappa shape index (κ3) is 5.49. The summed E-state index contributed by atoms with van der Waals surface area (Å²) in [5.74, 6) is -1.26. The highest BCUT2D eigenvalue weighted by atomic mass is 19.1. The van der Waals surface area contributed by atoms with Gasteiger partial charge in [0.1, 0.15) is 29.2 Å². The fourth-order valence-corrected chi connectivity index (χ4v) is 3.33. The lowest BCUT2D eigenvalue weighted by Gasteiger charge is -2.16. The van der Waals surface area contributed by atoms with Crippen molar-refractivity contribution in [3.63, 3.8) is 0 Å². The minimum Gasteiger partial charge on any atom is -0.344 e. The fourth-order valence-electron chi connectivity index (χ4n) is 3.33. The van der Waals surface area contributed by atoms with Crippen LogP contribution in [0.2, 0.25) is 0 Å². The van der Waals surface area contributed by atoms with Crippen molar-refractivity contribution < 1.29 is 18.4 Å². The van der Waals surface area contributed by atoms with E-state index >= 15 is 0 Å². The van der Waals surface area contributed by atoms with E-state index in [0.717, 1.165) is 23.8 Å². The van der Waals surface area contributed by atoms with Crippen molar-refractivity contribution in [3.8, 4) is 22.9 Å². The summed E-state index contributed by atoms with van der Waals surface area (Å²) in [6.45, 7) is 1.73. The highest BCUT2D eigenvalue weighted by Gasteiger charge is 2.21. The molecule has 2 aromatic heterocycles. The molecular formula is C23H21F2N7O2. The van der Waals surface area contributed by atoms with Crippen LogP contribution in [0.3, 0.4) is 0 Å². The van der Waals surface area contributed by atoms with E-state index in [1.807, 2.05) is 30.3 Å². The predicted molar refractivity (Wildman–Crippen MR) is 120 cm³/mol. The second-order valence-corrected chi connectivity index (χ2v) is 7.53.